The molecule has 112 valence electrons. The number of hydrogen-bond donors (Lipinski definition) is 1. The van der Waals surface area contributed by atoms with Gasteiger partial charge >= 0.3 is 6.09 Å². The van der Waals surface area contributed by atoms with Crippen molar-refractivity contribution in [2.75, 3.05) is 11.9 Å². The summed E-state index contributed by atoms with van der Waals surface area (Å²) >= 11 is 1.67. The van der Waals surface area contributed by atoms with Gasteiger partial charge in [0.2, 0.25) is 0 Å². The molecule has 0 aliphatic rings. The van der Waals surface area contributed by atoms with Gasteiger partial charge in [-0.15, -0.1) is 0 Å². The van der Waals surface area contributed by atoms with Gasteiger partial charge in [-0.2, -0.15) is 0 Å². The van der Waals surface area contributed by atoms with E-state index in [-0.39, 0.29) is 0 Å². The van der Waals surface area contributed by atoms with E-state index < -0.39 is 6.09 Å². The van der Waals surface area contributed by atoms with Gasteiger partial charge in [-0.3, -0.25) is 5.32 Å². The van der Waals surface area contributed by atoms with Gasteiger partial charge in [-0.1, -0.05) is 30.0 Å². The highest BCUT2D eigenvalue weighted by atomic mass is 32.2. The maximum atomic E-state index is 11.4. The number of benzene rings is 1. The standard InChI is InChI=1S/C16H15N3O2S/c1-2-21-16(20)18-14-11-19-10-13(8-9-15(19)17-14)22-12-6-4-3-5-7-12/h3-11H,2H2,1H3,(H,18,20). The lowest BCUT2D eigenvalue weighted by molar-refractivity contribution is 0.168. The molecule has 0 aliphatic carbocycles. The Balaban J connectivity index is 1.79. The molecule has 5 nitrogen and oxygen atoms in total. The van der Waals surface area contributed by atoms with Crippen molar-refractivity contribution in [2.45, 2.75) is 16.7 Å². The first-order chi connectivity index (χ1) is 10.7. The van der Waals surface area contributed by atoms with Crippen molar-refractivity contribution in [3.05, 3.63) is 54.9 Å². The molecule has 0 aliphatic heterocycles. The average molecular weight is 313 g/mol. The van der Waals surface area contributed by atoms with Crippen molar-refractivity contribution >= 4 is 29.3 Å². The first kappa shape index (κ1) is 14.5. The van der Waals surface area contributed by atoms with Crippen molar-refractivity contribution in [2.24, 2.45) is 0 Å². The SMILES string of the molecule is CCOC(=O)Nc1cn2cc(Sc3ccccc3)ccc2n1. The molecule has 3 aromatic rings. The summed E-state index contributed by atoms with van der Waals surface area (Å²) in [6.45, 7) is 2.09. The van der Waals surface area contributed by atoms with Crippen LogP contribution in [0.15, 0.2) is 64.6 Å². The van der Waals surface area contributed by atoms with E-state index in [4.69, 9.17) is 4.74 Å². The van der Waals surface area contributed by atoms with Gasteiger partial charge in [0.1, 0.15) is 5.65 Å². The van der Waals surface area contributed by atoms with Gasteiger partial charge in [0.15, 0.2) is 5.82 Å². The molecule has 0 unspecified atom stereocenters. The Morgan fingerprint density at radius 2 is 2.00 bits per heavy atom. The van der Waals surface area contributed by atoms with Crippen LogP contribution in [0.4, 0.5) is 10.6 Å². The number of nitrogens with one attached hydrogen (secondary N) is 1. The molecule has 0 spiro atoms. The molecular weight excluding hydrogens is 298 g/mol. The number of aromatic nitrogens is 2. The second kappa shape index (κ2) is 6.53. The van der Waals surface area contributed by atoms with E-state index in [1.165, 1.54) is 4.90 Å². The van der Waals surface area contributed by atoms with E-state index in [9.17, 15) is 4.79 Å². The molecule has 1 N–H and O–H groups in total. The number of imidazole rings is 1. The highest BCUT2D eigenvalue weighted by Crippen LogP contribution is 2.27. The second-order valence-electron chi connectivity index (χ2n) is 4.52. The predicted molar refractivity (Wildman–Crippen MR) is 86.4 cm³/mol. The van der Waals surface area contributed by atoms with E-state index in [0.717, 1.165) is 10.5 Å². The molecule has 2 aromatic heterocycles. The average Bonchev–Trinajstić information content (AvgIpc) is 2.90. The maximum Gasteiger partial charge on any atom is 0.412 e. The Hall–Kier alpha value is -2.47. The quantitative estimate of drug-likeness (QED) is 0.789. The fourth-order valence-electron chi connectivity index (χ4n) is 1.99. The van der Waals surface area contributed by atoms with Crippen molar-refractivity contribution < 1.29 is 9.53 Å². The lowest BCUT2D eigenvalue weighted by Gasteiger charge is -2.02. The zero-order valence-electron chi connectivity index (χ0n) is 12.0. The van der Waals surface area contributed by atoms with E-state index in [1.807, 2.05) is 40.9 Å². The van der Waals surface area contributed by atoms with E-state index >= 15 is 0 Å². The summed E-state index contributed by atoms with van der Waals surface area (Å²) in [4.78, 5) is 18.0. The third-order valence-corrected chi connectivity index (χ3v) is 3.89. The smallest absolute Gasteiger partial charge is 0.412 e. The second-order valence-corrected chi connectivity index (χ2v) is 5.66. The predicted octanol–water partition coefficient (Wildman–Crippen LogP) is 4.05. The number of fused-ring (bicyclic) bond motifs is 1. The van der Waals surface area contributed by atoms with Crippen LogP contribution in [0.1, 0.15) is 6.92 Å². The minimum absolute atomic E-state index is 0.330. The number of hydrogen-bond acceptors (Lipinski definition) is 4. The summed E-state index contributed by atoms with van der Waals surface area (Å²) in [5.41, 5.74) is 0.768. The van der Waals surface area contributed by atoms with Crippen molar-refractivity contribution in [3.8, 4) is 0 Å². The monoisotopic (exact) mass is 313 g/mol. The van der Waals surface area contributed by atoms with Gasteiger partial charge in [-0.05, 0) is 31.2 Å². The van der Waals surface area contributed by atoms with Crippen molar-refractivity contribution in [1.82, 2.24) is 9.38 Å². The van der Waals surface area contributed by atoms with Crippen LogP contribution < -0.4 is 5.32 Å². The molecule has 22 heavy (non-hydrogen) atoms. The van der Waals surface area contributed by atoms with Gasteiger partial charge in [0.25, 0.3) is 0 Å². The summed E-state index contributed by atoms with van der Waals surface area (Å²) in [7, 11) is 0. The van der Waals surface area contributed by atoms with Gasteiger partial charge in [0, 0.05) is 16.0 Å². The number of nitrogens with zero attached hydrogens (tertiary/aromatic N) is 2. The maximum absolute atomic E-state index is 11.4. The first-order valence-electron chi connectivity index (χ1n) is 6.90. The normalized spacial score (nSPS) is 10.6. The molecule has 1 aromatic carbocycles. The fourth-order valence-corrected chi connectivity index (χ4v) is 2.86. The van der Waals surface area contributed by atoms with Crippen molar-refractivity contribution in [1.29, 1.82) is 0 Å². The number of anilines is 1. The molecule has 6 heteroatoms. The summed E-state index contributed by atoms with van der Waals surface area (Å²) in [5.74, 6) is 0.473. The minimum Gasteiger partial charge on any atom is -0.450 e. The van der Waals surface area contributed by atoms with Crippen LogP contribution in [0.2, 0.25) is 0 Å². The fraction of sp³-hybridized carbons (Fsp3) is 0.125. The minimum atomic E-state index is -0.496. The third-order valence-electron chi connectivity index (χ3n) is 2.91. The molecule has 1 amide bonds. The number of carbonyl (C=O) groups is 1. The molecular formula is C16H15N3O2S. The van der Waals surface area contributed by atoms with E-state index in [2.05, 4.69) is 22.4 Å². The van der Waals surface area contributed by atoms with Crippen LogP contribution >= 0.6 is 11.8 Å². The molecule has 0 radical (unpaired) electrons. The Kier molecular flexibility index (Phi) is 4.29. The third kappa shape index (κ3) is 3.40. The molecule has 0 saturated heterocycles. The summed E-state index contributed by atoms with van der Waals surface area (Å²) in [5, 5.41) is 2.60. The largest absolute Gasteiger partial charge is 0.450 e. The van der Waals surface area contributed by atoms with Crippen molar-refractivity contribution in [3.63, 3.8) is 0 Å². The first-order valence-corrected chi connectivity index (χ1v) is 7.71. The lowest BCUT2D eigenvalue weighted by Crippen LogP contribution is -2.13. The Morgan fingerprint density at radius 1 is 1.18 bits per heavy atom. The van der Waals surface area contributed by atoms with Crippen LogP contribution in [0.3, 0.4) is 0 Å². The molecule has 0 bridgehead atoms. The number of amides is 1. The summed E-state index contributed by atoms with van der Waals surface area (Å²) in [6, 6.07) is 14.1. The number of carbonyl (C=O) groups excluding carboxylic acids is 1. The van der Waals surface area contributed by atoms with Crippen LogP contribution in [0.5, 0.6) is 0 Å². The van der Waals surface area contributed by atoms with Gasteiger partial charge in [-0.25, -0.2) is 9.78 Å². The molecule has 2 heterocycles. The Morgan fingerprint density at radius 3 is 2.77 bits per heavy atom. The zero-order valence-corrected chi connectivity index (χ0v) is 12.8. The van der Waals surface area contributed by atoms with Crippen LogP contribution in [0.25, 0.3) is 5.65 Å². The number of ether oxygens (including phenoxy) is 1. The van der Waals surface area contributed by atoms with E-state index in [0.29, 0.717) is 12.4 Å². The Bertz CT molecular complexity index is 786. The number of pyridine rings is 1. The molecule has 0 atom stereocenters. The highest BCUT2D eigenvalue weighted by molar-refractivity contribution is 7.99. The van der Waals surface area contributed by atoms with Crippen LogP contribution in [0, 0.1) is 0 Å². The molecule has 0 saturated carbocycles. The highest BCUT2D eigenvalue weighted by Gasteiger charge is 2.07. The number of rotatable bonds is 4. The zero-order chi connectivity index (χ0) is 15.4. The van der Waals surface area contributed by atoms with Crippen LogP contribution in [-0.4, -0.2) is 22.1 Å². The summed E-state index contributed by atoms with van der Waals surface area (Å²) < 4.78 is 6.72. The van der Waals surface area contributed by atoms with Gasteiger partial charge < -0.3 is 9.14 Å². The summed E-state index contributed by atoms with van der Waals surface area (Å²) in [6.07, 6.45) is 3.25. The lowest BCUT2D eigenvalue weighted by atomic mass is 10.4. The van der Waals surface area contributed by atoms with E-state index in [1.54, 1.807) is 24.9 Å². The topological polar surface area (TPSA) is 55.6 Å². The van der Waals surface area contributed by atoms with Gasteiger partial charge in [0.05, 0.1) is 12.8 Å². The van der Waals surface area contributed by atoms with Crippen LogP contribution in [-0.2, 0) is 4.74 Å². The molecule has 0 fully saturated rings. The molecule has 3 rings (SSSR count). The Labute approximate surface area is 132 Å².